The van der Waals surface area contributed by atoms with Crippen LogP contribution in [0.2, 0.25) is 0 Å². The van der Waals surface area contributed by atoms with Gasteiger partial charge in [0.1, 0.15) is 0 Å². The Labute approximate surface area is 139 Å². The van der Waals surface area contributed by atoms with E-state index in [1.54, 1.807) is 0 Å². The van der Waals surface area contributed by atoms with Gasteiger partial charge in [0.2, 0.25) is 5.91 Å². The van der Waals surface area contributed by atoms with Crippen molar-refractivity contribution in [1.82, 2.24) is 4.90 Å². The van der Waals surface area contributed by atoms with Crippen molar-refractivity contribution in [2.75, 3.05) is 26.3 Å². The summed E-state index contributed by atoms with van der Waals surface area (Å²) in [7, 11) is 0. The number of likely N-dealkylation sites (tertiary alicyclic amines) is 1. The molecule has 126 valence electrons. The zero-order chi connectivity index (χ0) is 16.3. The Morgan fingerprint density at radius 3 is 2.65 bits per heavy atom. The number of amides is 1. The SMILES string of the molecule is CC1C(Cc2ccccc2)CCN1C(=O)C1(CN)CCOCC1. The van der Waals surface area contributed by atoms with Crippen molar-refractivity contribution >= 4 is 5.91 Å². The van der Waals surface area contributed by atoms with Crippen LogP contribution in [-0.2, 0) is 16.0 Å². The summed E-state index contributed by atoms with van der Waals surface area (Å²) in [6.45, 7) is 4.79. The number of carbonyl (C=O) groups is 1. The first kappa shape index (κ1) is 16.5. The van der Waals surface area contributed by atoms with E-state index in [0.29, 0.717) is 25.7 Å². The minimum Gasteiger partial charge on any atom is -0.381 e. The lowest BCUT2D eigenvalue weighted by Crippen LogP contribution is -2.52. The number of nitrogens with two attached hydrogens (primary N) is 1. The van der Waals surface area contributed by atoms with Crippen molar-refractivity contribution in [3.8, 4) is 0 Å². The Morgan fingerprint density at radius 1 is 1.30 bits per heavy atom. The zero-order valence-corrected chi connectivity index (χ0v) is 14.0. The van der Waals surface area contributed by atoms with Gasteiger partial charge in [-0.05, 0) is 44.1 Å². The fraction of sp³-hybridized carbons (Fsp3) is 0.632. The predicted octanol–water partition coefficient (Wildman–Crippen LogP) is 2.22. The number of nitrogens with zero attached hydrogens (tertiary/aromatic N) is 1. The average Bonchev–Trinajstić information content (AvgIpc) is 2.96. The van der Waals surface area contributed by atoms with Crippen molar-refractivity contribution in [1.29, 1.82) is 0 Å². The molecule has 0 aliphatic carbocycles. The number of rotatable bonds is 4. The molecule has 2 saturated heterocycles. The lowest BCUT2D eigenvalue weighted by Gasteiger charge is -2.39. The summed E-state index contributed by atoms with van der Waals surface area (Å²) in [5.74, 6) is 0.794. The lowest BCUT2D eigenvalue weighted by atomic mass is 9.78. The third-order valence-electron chi connectivity index (χ3n) is 5.81. The average molecular weight is 316 g/mol. The lowest BCUT2D eigenvalue weighted by molar-refractivity contribution is -0.148. The van der Waals surface area contributed by atoms with Crippen LogP contribution in [0.5, 0.6) is 0 Å². The highest BCUT2D eigenvalue weighted by Gasteiger charge is 2.45. The molecule has 2 aliphatic heterocycles. The van der Waals surface area contributed by atoms with Gasteiger partial charge in [-0.25, -0.2) is 0 Å². The van der Waals surface area contributed by atoms with Crippen LogP contribution in [0.3, 0.4) is 0 Å². The normalized spacial score (nSPS) is 27.1. The molecule has 0 saturated carbocycles. The summed E-state index contributed by atoms with van der Waals surface area (Å²) < 4.78 is 5.44. The first-order valence-electron chi connectivity index (χ1n) is 8.79. The maximum atomic E-state index is 13.2. The summed E-state index contributed by atoms with van der Waals surface area (Å²) in [5, 5.41) is 0. The summed E-state index contributed by atoms with van der Waals surface area (Å²) in [6.07, 6.45) is 3.65. The third kappa shape index (κ3) is 3.29. The van der Waals surface area contributed by atoms with Gasteiger partial charge in [-0.2, -0.15) is 0 Å². The smallest absolute Gasteiger partial charge is 0.230 e. The molecule has 0 aromatic heterocycles. The summed E-state index contributed by atoms with van der Waals surface area (Å²) in [6, 6.07) is 10.9. The van der Waals surface area contributed by atoms with Gasteiger partial charge in [0, 0.05) is 32.3 Å². The van der Waals surface area contributed by atoms with Crippen molar-refractivity contribution < 1.29 is 9.53 Å². The van der Waals surface area contributed by atoms with Gasteiger partial charge in [0.15, 0.2) is 0 Å². The van der Waals surface area contributed by atoms with Crippen LogP contribution >= 0.6 is 0 Å². The van der Waals surface area contributed by atoms with Crippen molar-refractivity contribution in [3.63, 3.8) is 0 Å². The summed E-state index contributed by atoms with van der Waals surface area (Å²) in [5.41, 5.74) is 6.97. The second-order valence-corrected chi connectivity index (χ2v) is 7.07. The standard InChI is InChI=1S/C19H28N2O2/c1-15-17(13-16-5-3-2-4-6-16)7-10-21(15)18(22)19(14-20)8-11-23-12-9-19/h2-6,15,17H,7-14,20H2,1H3. The summed E-state index contributed by atoms with van der Waals surface area (Å²) in [4.78, 5) is 15.2. The highest BCUT2D eigenvalue weighted by molar-refractivity contribution is 5.83. The van der Waals surface area contributed by atoms with E-state index in [9.17, 15) is 4.79 Å². The van der Waals surface area contributed by atoms with Crippen LogP contribution in [-0.4, -0.2) is 43.2 Å². The van der Waals surface area contributed by atoms with Crippen LogP contribution < -0.4 is 5.73 Å². The predicted molar refractivity (Wildman–Crippen MR) is 91.0 cm³/mol. The minimum absolute atomic E-state index is 0.256. The molecule has 4 heteroatoms. The van der Waals surface area contributed by atoms with E-state index in [4.69, 9.17) is 10.5 Å². The van der Waals surface area contributed by atoms with E-state index in [1.165, 1.54) is 5.56 Å². The molecular weight excluding hydrogens is 288 g/mol. The van der Waals surface area contributed by atoms with E-state index >= 15 is 0 Å². The molecule has 0 radical (unpaired) electrons. The maximum Gasteiger partial charge on any atom is 0.230 e. The van der Waals surface area contributed by atoms with Gasteiger partial charge in [0.05, 0.1) is 5.41 Å². The molecule has 2 heterocycles. The van der Waals surface area contributed by atoms with Gasteiger partial charge in [0.25, 0.3) is 0 Å². The molecule has 2 fully saturated rings. The fourth-order valence-corrected chi connectivity index (χ4v) is 4.05. The Hall–Kier alpha value is -1.39. The highest BCUT2D eigenvalue weighted by atomic mass is 16.5. The molecule has 1 aromatic rings. The first-order chi connectivity index (χ1) is 11.2. The third-order valence-corrected chi connectivity index (χ3v) is 5.81. The highest BCUT2D eigenvalue weighted by Crippen LogP contribution is 2.36. The number of benzene rings is 1. The fourth-order valence-electron chi connectivity index (χ4n) is 4.05. The van der Waals surface area contributed by atoms with Gasteiger partial charge < -0.3 is 15.4 Å². The molecule has 1 amide bonds. The first-order valence-corrected chi connectivity index (χ1v) is 8.79. The second kappa shape index (κ2) is 7.02. The van der Waals surface area contributed by atoms with Crippen LogP contribution in [0.4, 0.5) is 0 Å². The molecule has 2 atom stereocenters. The molecule has 2 N–H and O–H groups in total. The van der Waals surface area contributed by atoms with E-state index in [0.717, 1.165) is 32.2 Å². The Morgan fingerprint density at radius 2 is 2.00 bits per heavy atom. The van der Waals surface area contributed by atoms with Gasteiger partial charge in [-0.1, -0.05) is 30.3 Å². The number of ether oxygens (including phenoxy) is 1. The van der Waals surface area contributed by atoms with Crippen molar-refractivity contribution in [2.24, 2.45) is 17.1 Å². The van der Waals surface area contributed by atoms with Crippen molar-refractivity contribution in [2.45, 2.75) is 38.6 Å². The summed E-state index contributed by atoms with van der Waals surface area (Å²) >= 11 is 0. The molecule has 4 nitrogen and oxygen atoms in total. The maximum absolute atomic E-state index is 13.2. The Bertz CT molecular complexity index is 525. The molecular formula is C19H28N2O2. The van der Waals surface area contributed by atoms with Gasteiger partial charge in [-0.15, -0.1) is 0 Å². The number of carbonyl (C=O) groups excluding carboxylic acids is 1. The van der Waals surface area contributed by atoms with E-state index in [1.807, 2.05) is 6.07 Å². The number of hydrogen-bond donors (Lipinski definition) is 1. The van der Waals surface area contributed by atoms with E-state index in [-0.39, 0.29) is 11.9 Å². The molecule has 2 unspecified atom stereocenters. The van der Waals surface area contributed by atoms with Crippen LogP contribution in [0.15, 0.2) is 30.3 Å². The number of hydrogen-bond acceptors (Lipinski definition) is 3. The van der Waals surface area contributed by atoms with Crippen molar-refractivity contribution in [3.05, 3.63) is 35.9 Å². The largest absolute Gasteiger partial charge is 0.381 e. The molecule has 1 aromatic carbocycles. The van der Waals surface area contributed by atoms with Crippen LogP contribution in [0.1, 0.15) is 31.7 Å². The van der Waals surface area contributed by atoms with Gasteiger partial charge >= 0.3 is 0 Å². The molecule has 2 aliphatic rings. The Kier molecular flexibility index (Phi) is 5.02. The molecule has 0 spiro atoms. The van der Waals surface area contributed by atoms with E-state index in [2.05, 4.69) is 36.1 Å². The minimum atomic E-state index is -0.395. The molecule has 0 bridgehead atoms. The molecule has 23 heavy (non-hydrogen) atoms. The monoisotopic (exact) mass is 316 g/mol. The topological polar surface area (TPSA) is 55.6 Å². The Balaban J connectivity index is 1.68. The van der Waals surface area contributed by atoms with Gasteiger partial charge in [-0.3, -0.25) is 4.79 Å². The van der Waals surface area contributed by atoms with E-state index < -0.39 is 5.41 Å². The van der Waals surface area contributed by atoms with Crippen LogP contribution in [0.25, 0.3) is 0 Å². The second-order valence-electron chi connectivity index (χ2n) is 7.07. The van der Waals surface area contributed by atoms with Crippen LogP contribution in [0, 0.1) is 11.3 Å². The zero-order valence-electron chi connectivity index (χ0n) is 14.0. The molecule has 3 rings (SSSR count). The quantitative estimate of drug-likeness (QED) is 0.927.